The van der Waals surface area contributed by atoms with Gasteiger partial charge in [0, 0.05) is 11.3 Å². The van der Waals surface area contributed by atoms with Crippen LogP contribution in [-0.2, 0) is 23.3 Å². The van der Waals surface area contributed by atoms with Crippen molar-refractivity contribution in [2.24, 2.45) is 0 Å². The first-order valence-electron chi connectivity index (χ1n) is 12.4. The molecule has 0 aliphatic heterocycles. The second kappa shape index (κ2) is 9.77. The molecule has 9 nitrogen and oxygen atoms in total. The number of carbonyl (C=O) groups excluding carboxylic acids is 1. The number of nitrogens with one attached hydrogen (secondary N) is 1. The van der Waals surface area contributed by atoms with E-state index in [9.17, 15) is 14.4 Å². The minimum absolute atomic E-state index is 0.00445. The SMILES string of the molecule is COc1ccccc1CCn1c(=O)n(C(C)(C)C(=O)NSC2(C)CC2)c(=O)c2c(C)c(-c3ncco3)sc21. The number of fused-ring (bicyclic) bond motifs is 1. The molecule has 0 atom stereocenters. The highest BCUT2D eigenvalue weighted by Gasteiger charge is 2.41. The molecule has 3 heterocycles. The molecule has 1 amide bonds. The van der Waals surface area contributed by atoms with Crippen LogP contribution in [0.25, 0.3) is 21.0 Å². The number of hydrogen-bond donors (Lipinski definition) is 1. The van der Waals surface area contributed by atoms with Crippen LogP contribution in [0.3, 0.4) is 0 Å². The van der Waals surface area contributed by atoms with E-state index in [-0.39, 0.29) is 11.3 Å². The largest absolute Gasteiger partial charge is 0.496 e. The van der Waals surface area contributed by atoms with Gasteiger partial charge in [0.15, 0.2) is 0 Å². The Hall–Kier alpha value is -3.31. The van der Waals surface area contributed by atoms with E-state index in [1.54, 1.807) is 25.5 Å². The van der Waals surface area contributed by atoms with Crippen molar-refractivity contribution in [3.63, 3.8) is 0 Å². The zero-order valence-corrected chi connectivity index (χ0v) is 23.6. The lowest BCUT2D eigenvalue weighted by atomic mass is 10.0. The lowest BCUT2D eigenvalue weighted by Crippen LogP contribution is -2.55. The summed E-state index contributed by atoms with van der Waals surface area (Å²) in [5, 5.41) is 0.380. The van der Waals surface area contributed by atoms with Crippen LogP contribution in [0.2, 0.25) is 0 Å². The number of thiophene rings is 1. The molecule has 0 unspecified atom stereocenters. The van der Waals surface area contributed by atoms with Gasteiger partial charge in [-0.15, -0.1) is 11.3 Å². The number of nitrogens with zero attached hydrogens (tertiary/aromatic N) is 3. The highest BCUT2D eigenvalue weighted by Crippen LogP contribution is 2.46. The molecule has 0 bridgehead atoms. The van der Waals surface area contributed by atoms with E-state index in [0.717, 1.165) is 28.7 Å². The Morgan fingerprint density at radius 2 is 2.03 bits per heavy atom. The predicted octanol–water partition coefficient (Wildman–Crippen LogP) is 4.49. The summed E-state index contributed by atoms with van der Waals surface area (Å²) in [6.45, 7) is 7.39. The van der Waals surface area contributed by atoms with Crippen molar-refractivity contribution in [3.05, 3.63) is 68.7 Å². The van der Waals surface area contributed by atoms with Gasteiger partial charge < -0.3 is 9.15 Å². The molecule has 0 spiro atoms. The van der Waals surface area contributed by atoms with Crippen LogP contribution in [-0.4, -0.2) is 31.9 Å². The molecule has 1 aromatic carbocycles. The molecule has 1 aliphatic rings. The summed E-state index contributed by atoms with van der Waals surface area (Å²) in [5.41, 5.74) is -0.883. The summed E-state index contributed by atoms with van der Waals surface area (Å²) in [6, 6.07) is 7.62. The summed E-state index contributed by atoms with van der Waals surface area (Å²) in [4.78, 5) is 46.8. The van der Waals surface area contributed by atoms with Gasteiger partial charge in [-0.25, -0.2) is 14.3 Å². The lowest BCUT2D eigenvalue weighted by Gasteiger charge is -2.27. The van der Waals surface area contributed by atoms with Crippen LogP contribution in [0.1, 0.15) is 44.7 Å². The number of aryl methyl sites for hydroxylation is 3. The van der Waals surface area contributed by atoms with Crippen molar-refractivity contribution in [2.75, 3.05) is 7.11 Å². The Balaban J connectivity index is 1.66. The molecule has 1 aliphatic carbocycles. The van der Waals surface area contributed by atoms with E-state index >= 15 is 0 Å². The third kappa shape index (κ3) is 4.58. The summed E-state index contributed by atoms with van der Waals surface area (Å²) in [5.74, 6) is 0.703. The number of hydrogen-bond acceptors (Lipinski definition) is 8. The first kappa shape index (κ1) is 26.3. The fraction of sp³-hybridized carbons (Fsp3) is 0.407. The second-order valence-electron chi connectivity index (χ2n) is 10.3. The summed E-state index contributed by atoms with van der Waals surface area (Å²) >= 11 is 2.64. The Kier molecular flexibility index (Phi) is 6.77. The molecule has 38 heavy (non-hydrogen) atoms. The molecule has 1 fully saturated rings. The highest BCUT2D eigenvalue weighted by atomic mass is 32.2. The summed E-state index contributed by atoms with van der Waals surface area (Å²) < 4.78 is 16.6. The Bertz CT molecular complexity index is 1630. The fourth-order valence-electron chi connectivity index (χ4n) is 4.39. The molecule has 3 aromatic heterocycles. The maximum Gasteiger partial charge on any atom is 0.333 e. The number of oxazole rings is 1. The van der Waals surface area contributed by atoms with E-state index < -0.39 is 22.7 Å². The van der Waals surface area contributed by atoms with E-state index in [1.807, 2.05) is 31.2 Å². The van der Waals surface area contributed by atoms with Crippen LogP contribution in [0.15, 0.2) is 50.7 Å². The van der Waals surface area contributed by atoms with Gasteiger partial charge in [0.2, 0.25) is 5.89 Å². The Labute approximate surface area is 228 Å². The van der Waals surface area contributed by atoms with Gasteiger partial charge in [0.05, 0.1) is 23.6 Å². The number of ether oxygens (including phenoxy) is 1. The van der Waals surface area contributed by atoms with Gasteiger partial charge in [0.1, 0.15) is 22.4 Å². The molecule has 4 aromatic rings. The highest BCUT2D eigenvalue weighted by molar-refractivity contribution is 7.99. The Morgan fingerprint density at radius 3 is 2.68 bits per heavy atom. The molecule has 1 saturated carbocycles. The third-order valence-electron chi connectivity index (χ3n) is 7.10. The van der Waals surface area contributed by atoms with Gasteiger partial charge in [-0.3, -0.25) is 18.9 Å². The zero-order valence-electron chi connectivity index (χ0n) is 22.0. The van der Waals surface area contributed by atoms with Gasteiger partial charge in [-0.1, -0.05) is 18.2 Å². The van der Waals surface area contributed by atoms with E-state index in [0.29, 0.717) is 33.0 Å². The average Bonchev–Trinajstić information content (AvgIpc) is 3.25. The number of amides is 1. The van der Waals surface area contributed by atoms with E-state index in [1.165, 1.54) is 35.7 Å². The van der Waals surface area contributed by atoms with Crippen molar-refractivity contribution in [1.82, 2.24) is 18.8 Å². The molecular formula is C27H30N4O5S2. The van der Waals surface area contributed by atoms with Crippen LogP contribution < -0.4 is 20.7 Å². The number of aromatic nitrogens is 3. The minimum Gasteiger partial charge on any atom is -0.496 e. The molecular weight excluding hydrogens is 524 g/mol. The fourth-order valence-corrected chi connectivity index (χ4v) is 6.55. The van der Waals surface area contributed by atoms with Gasteiger partial charge in [0.25, 0.3) is 11.5 Å². The molecule has 11 heteroatoms. The van der Waals surface area contributed by atoms with Gasteiger partial charge >= 0.3 is 5.69 Å². The number of carbonyl (C=O) groups is 1. The standard InChI is InChI=1S/C27H30N4O5S2/c1-16-19-22(32)31(26(2,3)24(33)29-38-27(4)11-12-27)25(34)30(14-10-17-8-6-7-9-18(17)35-5)23(19)37-20(16)21-28-13-15-36-21/h6-9,13,15H,10-12,14H2,1-5H3,(H,29,33). The van der Waals surface area contributed by atoms with E-state index in [2.05, 4.69) is 16.6 Å². The molecule has 0 radical (unpaired) electrons. The normalized spacial score (nSPS) is 14.6. The van der Waals surface area contributed by atoms with Crippen molar-refractivity contribution >= 4 is 39.4 Å². The molecule has 1 N–H and O–H groups in total. The smallest absolute Gasteiger partial charge is 0.333 e. The predicted molar refractivity (Wildman–Crippen MR) is 150 cm³/mol. The zero-order chi connectivity index (χ0) is 27.2. The van der Waals surface area contributed by atoms with Crippen molar-refractivity contribution < 1.29 is 13.9 Å². The van der Waals surface area contributed by atoms with Crippen molar-refractivity contribution in [3.8, 4) is 16.5 Å². The number of rotatable bonds is 9. The molecule has 0 saturated heterocycles. The van der Waals surface area contributed by atoms with Gasteiger partial charge in [-0.05, 0) is 76.1 Å². The quantitative estimate of drug-likeness (QED) is 0.304. The maximum absolute atomic E-state index is 14.0. The monoisotopic (exact) mass is 554 g/mol. The van der Waals surface area contributed by atoms with Crippen LogP contribution >= 0.6 is 23.3 Å². The number of methoxy groups -OCH3 is 1. The summed E-state index contributed by atoms with van der Waals surface area (Å²) in [7, 11) is 1.61. The first-order valence-corrected chi connectivity index (χ1v) is 14.0. The average molecular weight is 555 g/mol. The molecule has 200 valence electrons. The Morgan fingerprint density at radius 1 is 1.29 bits per heavy atom. The summed E-state index contributed by atoms with van der Waals surface area (Å²) in [6.07, 6.45) is 5.52. The van der Waals surface area contributed by atoms with Gasteiger partial charge in [-0.2, -0.15) is 0 Å². The third-order valence-corrected chi connectivity index (χ3v) is 9.59. The van der Waals surface area contributed by atoms with Crippen LogP contribution in [0, 0.1) is 6.92 Å². The van der Waals surface area contributed by atoms with Crippen molar-refractivity contribution in [2.45, 2.75) is 63.8 Å². The maximum atomic E-state index is 14.0. The second-order valence-corrected chi connectivity index (χ2v) is 12.6. The lowest BCUT2D eigenvalue weighted by molar-refractivity contribution is -0.126. The number of para-hydroxylation sites is 1. The first-order chi connectivity index (χ1) is 18.1. The van der Waals surface area contributed by atoms with Crippen molar-refractivity contribution in [1.29, 1.82) is 0 Å². The topological polar surface area (TPSA) is 108 Å². The van der Waals surface area contributed by atoms with E-state index in [4.69, 9.17) is 9.15 Å². The van der Waals surface area contributed by atoms with Crippen LogP contribution in [0.4, 0.5) is 0 Å². The molecule has 5 rings (SSSR count). The number of benzene rings is 1. The van der Waals surface area contributed by atoms with Crippen LogP contribution in [0.5, 0.6) is 5.75 Å². The minimum atomic E-state index is -1.43.